The molecule has 2 aromatic heterocycles. The van der Waals surface area contributed by atoms with E-state index >= 15 is 0 Å². The van der Waals surface area contributed by atoms with Crippen molar-refractivity contribution >= 4 is 28.3 Å². The number of nitrogens with zero attached hydrogens (tertiary/aromatic N) is 2. The molecule has 0 fully saturated rings. The maximum atomic E-state index is 14.3. The Balaban J connectivity index is 1.94. The lowest BCUT2D eigenvalue weighted by Gasteiger charge is -2.14. The van der Waals surface area contributed by atoms with E-state index in [1.807, 2.05) is 23.9 Å². The highest BCUT2D eigenvalue weighted by Crippen LogP contribution is 2.32. The number of halogens is 3. The Bertz CT molecular complexity index is 924. The summed E-state index contributed by atoms with van der Waals surface area (Å²) < 4.78 is 35.3. The van der Waals surface area contributed by atoms with Crippen LogP contribution in [0.2, 0.25) is 5.02 Å². The molecule has 0 radical (unpaired) electrons. The van der Waals surface area contributed by atoms with Crippen LogP contribution < -0.4 is 10.1 Å². The maximum absolute atomic E-state index is 14.3. The molecule has 7 heteroatoms. The molecule has 0 aliphatic carbocycles. The molecule has 0 saturated heterocycles. The van der Waals surface area contributed by atoms with Gasteiger partial charge in [0.1, 0.15) is 11.3 Å². The summed E-state index contributed by atoms with van der Waals surface area (Å²) in [6.45, 7) is 1.68. The van der Waals surface area contributed by atoms with Crippen molar-refractivity contribution in [1.29, 1.82) is 0 Å². The lowest BCUT2D eigenvalue weighted by atomic mass is 10.1. The minimum atomic E-state index is -0.773. The minimum absolute atomic E-state index is 0.0147. The minimum Gasteiger partial charge on any atom is -0.494 e. The molecule has 0 unspecified atom stereocenters. The molecule has 1 N–H and O–H groups in total. The molecule has 126 valence electrons. The third-order valence-corrected chi connectivity index (χ3v) is 4.37. The zero-order valence-corrected chi connectivity index (χ0v) is 14.2. The van der Waals surface area contributed by atoms with E-state index in [1.165, 1.54) is 13.2 Å². The van der Waals surface area contributed by atoms with E-state index < -0.39 is 11.6 Å². The summed E-state index contributed by atoms with van der Waals surface area (Å²) in [5, 5.41) is 4.06. The predicted molar refractivity (Wildman–Crippen MR) is 90.7 cm³/mol. The van der Waals surface area contributed by atoms with Crippen molar-refractivity contribution in [2.24, 2.45) is 7.05 Å². The molecule has 0 aliphatic rings. The average molecular weight is 352 g/mol. The Morgan fingerprint density at radius 1 is 1.33 bits per heavy atom. The van der Waals surface area contributed by atoms with Crippen molar-refractivity contribution in [2.45, 2.75) is 13.5 Å². The van der Waals surface area contributed by atoms with Crippen LogP contribution in [0.5, 0.6) is 5.75 Å². The van der Waals surface area contributed by atoms with Crippen LogP contribution in [0, 0.1) is 18.6 Å². The SMILES string of the molecule is COc1cc(C)c(F)c(NCc2cnc3c(ccn3C)c2Cl)c1F. The molecule has 0 atom stereocenters. The van der Waals surface area contributed by atoms with Gasteiger partial charge in [0.15, 0.2) is 17.4 Å². The number of benzene rings is 1. The molecule has 1 aromatic carbocycles. The van der Waals surface area contributed by atoms with Crippen molar-refractivity contribution in [1.82, 2.24) is 9.55 Å². The second kappa shape index (κ2) is 6.28. The number of ether oxygens (including phenoxy) is 1. The van der Waals surface area contributed by atoms with Gasteiger partial charge in [0.25, 0.3) is 0 Å². The van der Waals surface area contributed by atoms with E-state index in [0.29, 0.717) is 16.1 Å². The van der Waals surface area contributed by atoms with Crippen LogP contribution in [0.15, 0.2) is 24.5 Å². The smallest absolute Gasteiger partial charge is 0.191 e. The second-order valence-corrected chi connectivity index (χ2v) is 5.89. The number of methoxy groups -OCH3 is 1. The molecule has 0 aliphatic heterocycles. The van der Waals surface area contributed by atoms with Crippen LogP contribution in [-0.2, 0) is 13.6 Å². The quantitative estimate of drug-likeness (QED) is 0.755. The third kappa shape index (κ3) is 2.67. The van der Waals surface area contributed by atoms with Gasteiger partial charge in [0.05, 0.1) is 12.1 Å². The third-order valence-electron chi connectivity index (χ3n) is 3.93. The summed E-state index contributed by atoms with van der Waals surface area (Å²) in [6.07, 6.45) is 3.45. The lowest BCUT2D eigenvalue weighted by Crippen LogP contribution is -2.07. The largest absolute Gasteiger partial charge is 0.494 e. The maximum Gasteiger partial charge on any atom is 0.191 e. The fraction of sp³-hybridized carbons (Fsp3) is 0.235. The molecule has 3 aromatic rings. The molecule has 3 rings (SSSR count). The van der Waals surface area contributed by atoms with Gasteiger partial charge in [-0.15, -0.1) is 0 Å². The van der Waals surface area contributed by atoms with Crippen LogP contribution in [0.1, 0.15) is 11.1 Å². The van der Waals surface area contributed by atoms with Gasteiger partial charge in [0.2, 0.25) is 0 Å². The Morgan fingerprint density at radius 3 is 2.79 bits per heavy atom. The predicted octanol–water partition coefficient (Wildman–Crippen LogP) is 4.43. The highest BCUT2D eigenvalue weighted by molar-refractivity contribution is 6.36. The van der Waals surface area contributed by atoms with Crippen molar-refractivity contribution in [3.8, 4) is 5.75 Å². The standard InChI is InChI=1S/C17H16ClF2N3O/c1-9-6-12(24-3)15(20)16(14(9)19)21-7-10-8-22-17-11(13(10)18)4-5-23(17)2/h4-6,8,21H,7H2,1-3H3. The summed E-state index contributed by atoms with van der Waals surface area (Å²) in [5.41, 5.74) is 1.45. The molecule has 0 amide bonds. The average Bonchev–Trinajstić information content (AvgIpc) is 2.94. The first kappa shape index (κ1) is 16.5. The Kier molecular flexibility index (Phi) is 4.32. The Hall–Kier alpha value is -2.34. The van der Waals surface area contributed by atoms with Crippen LogP contribution >= 0.6 is 11.6 Å². The number of nitrogens with one attached hydrogen (secondary N) is 1. The van der Waals surface area contributed by atoms with Crippen molar-refractivity contribution in [3.05, 3.63) is 52.3 Å². The summed E-state index contributed by atoms with van der Waals surface area (Å²) >= 11 is 6.39. The first-order valence-corrected chi connectivity index (χ1v) is 7.66. The molecular weight excluding hydrogens is 336 g/mol. The van der Waals surface area contributed by atoms with Gasteiger partial charge in [-0.25, -0.2) is 13.8 Å². The van der Waals surface area contributed by atoms with Gasteiger partial charge < -0.3 is 14.6 Å². The van der Waals surface area contributed by atoms with E-state index in [-0.39, 0.29) is 18.0 Å². The van der Waals surface area contributed by atoms with E-state index in [1.54, 1.807) is 13.1 Å². The number of pyridine rings is 1. The first-order chi connectivity index (χ1) is 11.4. The number of aryl methyl sites for hydroxylation is 2. The van der Waals surface area contributed by atoms with Crippen LogP contribution in [0.25, 0.3) is 11.0 Å². The summed E-state index contributed by atoms with van der Waals surface area (Å²) in [4.78, 5) is 4.34. The molecule has 0 spiro atoms. The van der Waals surface area contributed by atoms with Crippen molar-refractivity contribution in [2.75, 3.05) is 12.4 Å². The van der Waals surface area contributed by atoms with Gasteiger partial charge in [-0.2, -0.15) is 0 Å². The normalized spacial score (nSPS) is 11.1. The van der Waals surface area contributed by atoms with E-state index in [9.17, 15) is 8.78 Å². The molecule has 4 nitrogen and oxygen atoms in total. The number of aromatic nitrogens is 2. The van der Waals surface area contributed by atoms with Crippen molar-refractivity contribution < 1.29 is 13.5 Å². The Labute approximate surface area is 143 Å². The molecule has 0 bridgehead atoms. The zero-order chi connectivity index (χ0) is 17.4. The monoisotopic (exact) mass is 351 g/mol. The topological polar surface area (TPSA) is 39.1 Å². The second-order valence-electron chi connectivity index (χ2n) is 5.51. The van der Waals surface area contributed by atoms with Gasteiger partial charge in [-0.3, -0.25) is 0 Å². The molecular formula is C17H16ClF2N3O. The van der Waals surface area contributed by atoms with E-state index in [4.69, 9.17) is 16.3 Å². The number of anilines is 1. The number of hydrogen-bond acceptors (Lipinski definition) is 3. The van der Waals surface area contributed by atoms with Gasteiger partial charge in [0, 0.05) is 36.9 Å². The number of hydrogen-bond donors (Lipinski definition) is 1. The zero-order valence-electron chi connectivity index (χ0n) is 13.5. The van der Waals surface area contributed by atoms with E-state index in [2.05, 4.69) is 10.3 Å². The summed E-state index contributed by atoms with van der Waals surface area (Å²) in [7, 11) is 3.21. The van der Waals surface area contributed by atoms with Gasteiger partial charge in [-0.05, 0) is 24.6 Å². The molecule has 24 heavy (non-hydrogen) atoms. The summed E-state index contributed by atoms with van der Waals surface area (Å²) in [5.74, 6) is -1.44. The van der Waals surface area contributed by atoms with Crippen LogP contribution in [0.4, 0.5) is 14.5 Å². The number of rotatable bonds is 4. The van der Waals surface area contributed by atoms with Gasteiger partial charge in [-0.1, -0.05) is 11.6 Å². The number of fused-ring (bicyclic) bond motifs is 1. The highest BCUT2D eigenvalue weighted by Gasteiger charge is 2.18. The van der Waals surface area contributed by atoms with Crippen molar-refractivity contribution in [3.63, 3.8) is 0 Å². The first-order valence-electron chi connectivity index (χ1n) is 7.29. The molecule has 2 heterocycles. The van der Waals surface area contributed by atoms with E-state index in [0.717, 1.165) is 11.0 Å². The summed E-state index contributed by atoms with van der Waals surface area (Å²) in [6, 6.07) is 3.17. The molecule has 0 saturated carbocycles. The highest BCUT2D eigenvalue weighted by atomic mass is 35.5. The lowest BCUT2D eigenvalue weighted by molar-refractivity contribution is 0.384. The van der Waals surface area contributed by atoms with Gasteiger partial charge >= 0.3 is 0 Å². The van der Waals surface area contributed by atoms with Crippen LogP contribution in [0.3, 0.4) is 0 Å². The fourth-order valence-electron chi connectivity index (χ4n) is 2.57. The van der Waals surface area contributed by atoms with Crippen LogP contribution in [-0.4, -0.2) is 16.7 Å². The Morgan fingerprint density at radius 2 is 2.08 bits per heavy atom. The fourth-order valence-corrected chi connectivity index (χ4v) is 2.84.